The molecule has 170 valence electrons. The van der Waals surface area contributed by atoms with Crippen molar-refractivity contribution in [1.29, 1.82) is 0 Å². The molecule has 2 aromatic heterocycles. The Hall–Kier alpha value is -3.17. The van der Waals surface area contributed by atoms with Crippen molar-refractivity contribution >= 4 is 39.9 Å². The number of amidine groups is 1. The minimum atomic E-state index is -0.447. The second-order valence-corrected chi connectivity index (χ2v) is 9.12. The second-order valence-electron chi connectivity index (χ2n) is 8.11. The van der Waals surface area contributed by atoms with Crippen LogP contribution < -0.4 is 10.1 Å². The maximum Gasteiger partial charge on any atom is 0.286 e. The van der Waals surface area contributed by atoms with Crippen LogP contribution in [0, 0.1) is 5.82 Å². The fourth-order valence-corrected chi connectivity index (χ4v) is 4.74. The van der Waals surface area contributed by atoms with Crippen LogP contribution >= 0.6 is 11.8 Å². The molecular formula is C24H23FN4O3S. The van der Waals surface area contributed by atoms with Crippen molar-refractivity contribution < 1.29 is 18.3 Å². The smallest absolute Gasteiger partial charge is 0.286 e. The molecule has 0 spiro atoms. The van der Waals surface area contributed by atoms with Gasteiger partial charge in [0, 0.05) is 55.6 Å². The van der Waals surface area contributed by atoms with E-state index in [1.807, 2.05) is 19.9 Å². The molecule has 0 saturated carbocycles. The Bertz CT molecular complexity index is 1280. The number of amides is 1. The van der Waals surface area contributed by atoms with E-state index in [9.17, 15) is 9.18 Å². The number of halogens is 1. The Kier molecular flexibility index (Phi) is 5.90. The van der Waals surface area contributed by atoms with Crippen molar-refractivity contribution in [3.05, 3.63) is 53.1 Å². The molecule has 1 fully saturated rings. The molecule has 3 aromatic rings. The molecule has 0 bridgehead atoms. The minimum absolute atomic E-state index is 0.122. The second kappa shape index (κ2) is 8.99. The zero-order valence-electron chi connectivity index (χ0n) is 18.3. The molecule has 1 amide bonds. The maximum atomic E-state index is 14.6. The summed E-state index contributed by atoms with van der Waals surface area (Å²) in [7, 11) is 0. The highest BCUT2D eigenvalue weighted by Crippen LogP contribution is 2.35. The number of ether oxygens (including phenoxy) is 1. The summed E-state index contributed by atoms with van der Waals surface area (Å²) in [4.78, 5) is 23.6. The lowest BCUT2D eigenvalue weighted by atomic mass is 10.1. The number of carbonyl (C=O) groups is 1. The largest absolute Gasteiger partial charge is 0.488 e. The van der Waals surface area contributed by atoms with Crippen LogP contribution in [0.15, 0.2) is 51.0 Å². The van der Waals surface area contributed by atoms with E-state index in [0.717, 1.165) is 36.7 Å². The topological polar surface area (TPSA) is 80.0 Å². The number of nitrogens with one attached hydrogen (secondary N) is 1. The predicted molar refractivity (Wildman–Crippen MR) is 128 cm³/mol. The SMILES string of the molecule is CC(C)Oc1ccc(-c2cncc3cc(C=C4SC(N5CCNCC5)=NC4=O)oc23)cc1F. The predicted octanol–water partition coefficient (Wildman–Crippen LogP) is 4.30. The molecule has 1 aromatic carbocycles. The zero-order valence-corrected chi connectivity index (χ0v) is 19.1. The molecule has 5 rings (SSSR count). The van der Waals surface area contributed by atoms with Gasteiger partial charge >= 0.3 is 0 Å². The lowest BCUT2D eigenvalue weighted by molar-refractivity contribution is -0.113. The fraction of sp³-hybridized carbons (Fsp3) is 0.292. The van der Waals surface area contributed by atoms with Crippen LogP contribution in [0.1, 0.15) is 19.6 Å². The number of aromatic nitrogens is 1. The molecule has 0 radical (unpaired) electrons. The van der Waals surface area contributed by atoms with E-state index in [0.29, 0.717) is 27.4 Å². The quantitative estimate of drug-likeness (QED) is 0.575. The van der Waals surface area contributed by atoms with Crippen LogP contribution in [0.5, 0.6) is 5.75 Å². The summed E-state index contributed by atoms with van der Waals surface area (Å²) in [6.45, 7) is 7.09. The summed E-state index contributed by atoms with van der Waals surface area (Å²) in [5.41, 5.74) is 1.87. The number of rotatable bonds is 4. The van der Waals surface area contributed by atoms with Gasteiger partial charge in [-0.3, -0.25) is 9.78 Å². The van der Waals surface area contributed by atoms with Gasteiger partial charge in [-0.15, -0.1) is 0 Å². The number of hydrogen-bond donors (Lipinski definition) is 1. The van der Waals surface area contributed by atoms with Gasteiger partial charge in [-0.1, -0.05) is 6.07 Å². The maximum absolute atomic E-state index is 14.6. The first-order valence-corrected chi connectivity index (χ1v) is 11.6. The first-order chi connectivity index (χ1) is 16.0. The summed E-state index contributed by atoms with van der Waals surface area (Å²) in [6, 6.07) is 6.63. The average molecular weight is 467 g/mol. The molecule has 2 aliphatic heterocycles. The van der Waals surface area contributed by atoms with E-state index in [1.54, 1.807) is 30.6 Å². The first-order valence-electron chi connectivity index (χ1n) is 10.8. The number of piperazine rings is 1. The highest BCUT2D eigenvalue weighted by molar-refractivity contribution is 8.18. The van der Waals surface area contributed by atoms with Crippen LogP contribution in [0.25, 0.3) is 28.2 Å². The molecule has 9 heteroatoms. The molecule has 2 aliphatic rings. The lowest BCUT2D eigenvalue weighted by Crippen LogP contribution is -2.45. The first kappa shape index (κ1) is 21.7. The van der Waals surface area contributed by atoms with Crippen molar-refractivity contribution in [1.82, 2.24) is 15.2 Å². The molecule has 4 heterocycles. The van der Waals surface area contributed by atoms with E-state index in [-0.39, 0.29) is 17.8 Å². The number of thioether (sulfide) groups is 1. The Balaban J connectivity index is 1.43. The fourth-order valence-electron chi connectivity index (χ4n) is 3.80. The van der Waals surface area contributed by atoms with Crippen molar-refractivity contribution in [2.75, 3.05) is 26.2 Å². The standard InChI is InChI=1S/C24H23FN4O3S/c1-14(2)31-20-4-3-15(10-19(20)25)18-13-27-12-16-9-17(32-22(16)18)11-21-23(30)28-24(33-21)29-7-5-26-6-8-29/h3-4,9-14,26H,5-8H2,1-2H3. The van der Waals surface area contributed by atoms with Gasteiger partial charge in [-0.05, 0) is 49.4 Å². The number of carbonyl (C=O) groups excluding carboxylic acids is 1. The lowest BCUT2D eigenvalue weighted by Gasteiger charge is -2.27. The number of nitrogens with zero attached hydrogens (tertiary/aromatic N) is 3. The molecule has 33 heavy (non-hydrogen) atoms. The number of aliphatic imine (C=N–C) groups is 1. The van der Waals surface area contributed by atoms with E-state index < -0.39 is 5.82 Å². The molecular weight excluding hydrogens is 443 g/mol. The van der Waals surface area contributed by atoms with E-state index in [1.165, 1.54) is 17.8 Å². The summed E-state index contributed by atoms with van der Waals surface area (Å²) in [5, 5.41) is 4.78. The van der Waals surface area contributed by atoms with Crippen LogP contribution in [0.4, 0.5) is 4.39 Å². The van der Waals surface area contributed by atoms with Gasteiger partial charge in [-0.2, -0.15) is 4.99 Å². The molecule has 0 unspecified atom stereocenters. The number of furan rings is 1. The van der Waals surface area contributed by atoms with E-state index in [2.05, 4.69) is 20.2 Å². The third kappa shape index (κ3) is 4.51. The number of hydrogen-bond acceptors (Lipinski definition) is 7. The molecule has 1 saturated heterocycles. The third-order valence-corrected chi connectivity index (χ3v) is 6.36. The number of benzene rings is 1. The highest BCUT2D eigenvalue weighted by Gasteiger charge is 2.27. The Morgan fingerprint density at radius 3 is 2.82 bits per heavy atom. The van der Waals surface area contributed by atoms with Crippen molar-refractivity contribution in [3.8, 4) is 16.9 Å². The van der Waals surface area contributed by atoms with Crippen molar-refractivity contribution in [2.45, 2.75) is 20.0 Å². The summed E-state index contributed by atoms with van der Waals surface area (Å²) in [6.07, 6.45) is 4.91. The van der Waals surface area contributed by atoms with E-state index >= 15 is 0 Å². The summed E-state index contributed by atoms with van der Waals surface area (Å²) < 4.78 is 26.1. The molecule has 0 aliphatic carbocycles. The number of fused-ring (bicyclic) bond motifs is 1. The van der Waals surface area contributed by atoms with E-state index in [4.69, 9.17) is 9.15 Å². The van der Waals surface area contributed by atoms with Gasteiger partial charge in [0.2, 0.25) is 0 Å². The zero-order chi connectivity index (χ0) is 22.9. The van der Waals surface area contributed by atoms with Gasteiger partial charge in [0.1, 0.15) is 11.3 Å². The van der Waals surface area contributed by atoms with Gasteiger partial charge in [-0.25, -0.2) is 4.39 Å². The van der Waals surface area contributed by atoms with Gasteiger partial charge < -0.3 is 19.4 Å². The Morgan fingerprint density at radius 2 is 2.06 bits per heavy atom. The molecule has 1 N–H and O–H groups in total. The van der Waals surface area contributed by atoms with Gasteiger partial charge in [0.25, 0.3) is 5.91 Å². The minimum Gasteiger partial charge on any atom is -0.488 e. The summed E-state index contributed by atoms with van der Waals surface area (Å²) >= 11 is 1.36. The Labute approximate surface area is 194 Å². The van der Waals surface area contributed by atoms with Crippen LogP contribution in [0.3, 0.4) is 0 Å². The highest BCUT2D eigenvalue weighted by atomic mass is 32.2. The van der Waals surface area contributed by atoms with Crippen molar-refractivity contribution in [2.24, 2.45) is 4.99 Å². The van der Waals surface area contributed by atoms with Crippen LogP contribution in [0.2, 0.25) is 0 Å². The number of pyridine rings is 1. The van der Waals surface area contributed by atoms with Crippen molar-refractivity contribution in [3.63, 3.8) is 0 Å². The third-order valence-electron chi connectivity index (χ3n) is 5.32. The normalized spacial score (nSPS) is 17.9. The van der Waals surface area contributed by atoms with Gasteiger partial charge in [0.05, 0.1) is 11.0 Å². The average Bonchev–Trinajstić information content (AvgIpc) is 3.38. The molecule has 7 nitrogen and oxygen atoms in total. The van der Waals surface area contributed by atoms with Crippen LogP contribution in [-0.4, -0.2) is 53.2 Å². The van der Waals surface area contributed by atoms with Crippen LogP contribution in [-0.2, 0) is 4.79 Å². The monoisotopic (exact) mass is 466 g/mol. The molecule has 0 atom stereocenters. The summed E-state index contributed by atoms with van der Waals surface area (Å²) in [5.74, 6) is 0.00991. The Morgan fingerprint density at radius 1 is 1.24 bits per heavy atom. The van der Waals surface area contributed by atoms with Gasteiger partial charge in [0.15, 0.2) is 16.7 Å².